The molecule has 0 spiro atoms. The number of carboxylic acids is 1. The van der Waals surface area contributed by atoms with Crippen LogP contribution in [0.5, 0.6) is 0 Å². The molecule has 1 aromatic carbocycles. The molecule has 24 heavy (non-hydrogen) atoms. The molecular weight excluding hydrogens is 326 g/mol. The second-order valence-electron chi connectivity index (χ2n) is 6.81. The Kier molecular flexibility index (Phi) is 5.24. The molecule has 2 aliphatic rings. The van der Waals surface area contributed by atoms with Gasteiger partial charge >= 0.3 is 5.97 Å². The number of hydrogen-bond acceptors (Lipinski definition) is 2. The minimum absolute atomic E-state index is 0.0581. The Labute approximate surface area is 147 Å². The van der Waals surface area contributed by atoms with Crippen molar-refractivity contribution in [2.45, 2.75) is 32.1 Å². The highest BCUT2D eigenvalue weighted by Gasteiger charge is 2.36. The van der Waals surface area contributed by atoms with Gasteiger partial charge in [-0.25, -0.2) is 4.79 Å². The van der Waals surface area contributed by atoms with E-state index in [-0.39, 0.29) is 17.9 Å². The van der Waals surface area contributed by atoms with E-state index < -0.39 is 5.97 Å². The fourth-order valence-electron chi connectivity index (χ4n) is 3.83. The van der Waals surface area contributed by atoms with Crippen LogP contribution in [0, 0.1) is 11.8 Å². The van der Waals surface area contributed by atoms with Gasteiger partial charge < -0.3 is 10.0 Å². The Morgan fingerprint density at radius 3 is 2.25 bits per heavy atom. The Morgan fingerprint density at radius 2 is 1.71 bits per heavy atom. The Bertz CT molecular complexity index is 639. The molecule has 1 N–H and O–H groups in total. The number of fused-ring (bicyclic) bond motifs is 1. The van der Waals surface area contributed by atoms with E-state index in [1.54, 1.807) is 30.3 Å². The normalized spacial score (nSPS) is 23.9. The monoisotopic (exact) mass is 347 g/mol. The highest BCUT2D eigenvalue weighted by atomic mass is 35.5. The van der Waals surface area contributed by atoms with Gasteiger partial charge in [-0.2, -0.15) is 0 Å². The van der Waals surface area contributed by atoms with Crippen molar-refractivity contribution < 1.29 is 14.7 Å². The van der Waals surface area contributed by atoms with Gasteiger partial charge in [0.25, 0.3) is 0 Å². The quantitative estimate of drug-likeness (QED) is 0.842. The van der Waals surface area contributed by atoms with Crippen molar-refractivity contribution in [1.29, 1.82) is 0 Å². The second-order valence-corrected chi connectivity index (χ2v) is 7.24. The summed E-state index contributed by atoms with van der Waals surface area (Å²) in [4.78, 5) is 25.9. The minimum Gasteiger partial charge on any atom is -0.478 e. The molecule has 1 aliphatic heterocycles. The standard InChI is InChI=1S/C19H22ClNO3/c20-17-7-5-13(6-8-17)9-16(19(23)24)10-18(22)21-11-14-3-1-2-4-15(14)12-21/h5-9,14-15H,1-4,10-12H2,(H,23,24)/b16-9+/t14-,15+. The number of carboxylic acid groups (broad SMARTS) is 1. The fraction of sp³-hybridized carbons (Fsp3) is 0.474. The zero-order valence-corrected chi connectivity index (χ0v) is 14.3. The Balaban J connectivity index is 1.68. The number of nitrogens with zero attached hydrogens (tertiary/aromatic N) is 1. The number of amides is 1. The number of carbonyl (C=O) groups excluding carboxylic acids is 1. The highest BCUT2D eigenvalue weighted by molar-refractivity contribution is 6.30. The third-order valence-electron chi connectivity index (χ3n) is 5.16. The van der Waals surface area contributed by atoms with Crippen molar-refractivity contribution in [2.24, 2.45) is 11.8 Å². The van der Waals surface area contributed by atoms with Gasteiger partial charge in [0.05, 0.1) is 6.42 Å². The van der Waals surface area contributed by atoms with Crippen LogP contribution in [-0.4, -0.2) is 35.0 Å². The van der Waals surface area contributed by atoms with Crippen LogP contribution < -0.4 is 0 Å². The van der Waals surface area contributed by atoms with Crippen LogP contribution in [0.25, 0.3) is 6.08 Å². The van der Waals surface area contributed by atoms with E-state index in [9.17, 15) is 14.7 Å². The third-order valence-corrected chi connectivity index (χ3v) is 5.41. The molecule has 3 rings (SSSR count). The van der Waals surface area contributed by atoms with E-state index >= 15 is 0 Å². The SMILES string of the molecule is O=C(O)/C(=C/c1ccc(Cl)cc1)CC(=O)N1C[C@H]2CCCC[C@H]2C1. The van der Waals surface area contributed by atoms with Crippen LogP contribution in [0.2, 0.25) is 5.02 Å². The molecule has 4 nitrogen and oxygen atoms in total. The molecule has 1 heterocycles. The first-order valence-corrected chi connectivity index (χ1v) is 8.88. The molecule has 0 aromatic heterocycles. The van der Waals surface area contributed by atoms with Gasteiger partial charge in [-0.15, -0.1) is 0 Å². The first kappa shape index (κ1) is 17.0. The lowest BCUT2D eigenvalue weighted by Gasteiger charge is -2.22. The lowest BCUT2D eigenvalue weighted by molar-refractivity contribution is -0.136. The maximum atomic E-state index is 12.5. The summed E-state index contributed by atoms with van der Waals surface area (Å²) in [5, 5.41) is 10.0. The molecule has 1 aromatic rings. The van der Waals surface area contributed by atoms with Gasteiger partial charge in [0.1, 0.15) is 0 Å². The van der Waals surface area contributed by atoms with Gasteiger partial charge in [-0.3, -0.25) is 4.79 Å². The molecular formula is C19H22ClNO3. The summed E-state index contributed by atoms with van der Waals surface area (Å²) in [5.41, 5.74) is 0.858. The second kappa shape index (κ2) is 7.39. The first-order valence-electron chi connectivity index (χ1n) is 8.50. The number of carbonyl (C=O) groups is 2. The van der Waals surface area contributed by atoms with Gasteiger partial charge in [-0.1, -0.05) is 36.6 Å². The molecule has 1 saturated heterocycles. The van der Waals surface area contributed by atoms with Crippen LogP contribution >= 0.6 is 11.6 Å². The average Bonchev–Trinajstić information content (AvgIpc) is 3.00. The van der Waals surface area contributed by atoms with Crippen LogP contribution in [0.15, 0.2) is 29.8 Å². The molecule has 1 aliphatic carbocycles. The molecule has 0 radical (unpaired) electrons. The number of halogens is 1. The van der Waals surface area contributed by atoms with Gasteiger partial charge in [0, 0.05) is 23.7 Å². The summed E-state index contributed by atoms with van der Waals surface area (Å²) in [6.07, 6.45) is 6.39. The molecule has 5 heteroatoms. The molecule has 0 unspecified atom stereocenters. The van der Waals surface area contributed by atoms with Crippen molar-refractivity contribution in [3.05, 3.63) is 40.4 Å². The van der Waals surface area contributed by atoms with Crippen molar-refractivity contribution in [3.63, 3.8) is 0 Å². The summed E-state index contributed by atoms with van der Waals surface area (Å²) in [7, 11) is 0. The smallest absolute Gasteiger partial charge is 0.332 e. The zero-order chi connectivity index (χ0) is 17.1. The third kappa shape index (κ3) is 3.99. The summed E-state index contributed by atoms with van der Waals surface area (Å²) in [6.45, 7) is 1.58. The van der Waals surface area contributed by atoms with E-state index in [0.717, 1.165) is 18.7 Å². The number of rotatable bonds is 4. The Morgan fingerprint density at radius 1 is 1.12 bits per heavy atom. The van der Waals surface area contributed by atoms with Crippen molar-refractivity contribution in [1.82, 2.24) is 4.90 Å². The van der Waals surface area contributed by atoms with Crippen molar-refractivity contribution in [3.8, 4) is 0 Å². The predicted octanol–water partition coefficient (Wildman–Crippen LogP) is 3.85. The summed E-state index contributed by atoms with van der Waals surface area (Å²) >= 11 is 5.84. The fourth-order valence-corrected chi connectivity index (χ4v) is 3.96. The van der Waals surface area contributed by atoms with E-state index in [4.69, 9.17) is 11.6 Å². The van der Waals surface area contributed by atoms with Crippen LogP contribution in [-0.2, 0) is 9.59 Å². The number of benzene rings is 1. The maximum Gasteiger partial charge on any atom is 0.332 e. The summed E-state index contributed by atoms with van der Waals surface area (Å²) in [5.74, 6) is 0.0920. The number of likely N-dealkylation sites (tertiary alicyclic amines) is 1. The zero-order valence-electron chi connectivity index (χ0n) is 13.6. The summed E-state index contributed by atoms with van der Waals surface area (Å²) < 4.78 is 0. The minimum atomic E-state index is -1.05. The molecule has 1 amide bonds. The predicted molar refractivity (Wildman–Crippen MR) is 93.7 cm³/mol. The Hall–Kier alpha value is -1.81. The lowest BCUT2D eigenvalue weighted by Crippen LogP contribution is -2.29. The molecule has 0 bridgehead atoms. The highest BCUT2D eigenvalue weighted by Crippen LogP contribution is 2.36. The van der Waals surface area contributed by atoms with Crippen LogP contribution in [0.4, 0.5) is 0 Å². The largest absolute Gasteiger partial charge is 0.478 e. The van der Waals surface area contributed by atoms with Gasteiger partial charge in [0.2, 0.25) is 5.91 Å². The van der Waals surface area contributed by atoms with E-state index in [0.29, 0.717) is 16.9 Å². The molecule has 2 fully saturated rings. The molecule has 128 valence electrons. The first-order chi connectivity index (χ1) is 11.5. The average molecular weight is 348 g/mol. The van der Waals surface area contributed by atoms with E-state index in [1.165, 1.54) is 25.7 Å². The number of aliphatic carboxylic acids is 1. The van der Waals surface area contributed by atoms with Crippen molar-refractivity contribution in [2.75, 3.05) is 13.1 Å². The van der Waals surface area contributed by atoms with Gasteiger partial charge in [0.15, 0.2) is 0 Å². The molecule has 1 saturated carbocycles. The topological polar surface area (TPSA) is 57.6 Å². The van der Waals surface area contributed by atoms with E-state index in [1.807, 2.05) is 4.90 Å². The van der Waals surface area contributed by atoms with E-state index in [2.05, 4.69) is 0 Å². The lowest BCUT2D eigenvalue weighted by atomic mass is 9.82. The van der Waals surface area contributed by atoms with Crippen LogP contribution in [0.1, 0.15) is 37.7 Å². The molecule has 2 atom stereocenters. The van der Waals surface area contributed by atoms with Crippen LogP contribution in [0.3, 0.4) is 0 Å². The van der Waals surface area contributed by atoms with Crippen molar-refractivity contribution >= 4 is 29.6 Å². The maximum absolute atomic E-state index is 12.5. The summed E-state index contributed by atoms with van der Waals surface area (Å²) in [6, 6.07) is 6.92. The van der Waals surface area contributed by atoms with Gasteiger partial charge in [-0.05, 0) is 48.4 Å². The number of hydrogen-bond donors (Lipinski definition) is 1.